The molecule has 0 bridgehead atoms. The number of anilines is 1. The summed E-state index contributed by atoms with van der Waals surface area (Å²) >= 11 is 3.31. The molecule has 0 saturated heterocycles. The SMILES string of the molecule is Cc1nn(Cc2ccc(C(=O)NC3CCCC3)cc2)c(C)c1NC(=O)c1cc(C(F)(F)F)nc2ccc(Br)cc12. The van der Waals surface area contributed by atoms with Crippen molar-refractivity contribution in [1.82, 2.24) is 20.1 Å². The highest BCUT2D eigenvalue weighted by molar-refractivity contribution is 9.10. The molecular weight excluding hydrogens is 587 g/mol. The van der Waals surface area contributed by atoms with Crippen LogP contribution < -0.4 is 10.6 Å². The molecule has 0 aliphatic heterocycles. The summed E-state index contributed by atoms with van der Waals surface area (Å²) in [6.45, 7) is 3.88. The highest BCUT2D eigenvalue weighted by Crippen LogP contribution is 2.33. The van der Waals surface area contributed by atoms with Gasteiger partial charge in [-0.1, -0.05) is 40.9 Å². The minimum atomic E-state index is -4.71. The van der Waals surface area contributed by atoms with Gasteiger partial charge in [0, 0.05) is 21.5 Å². The van der Waals surface area contributed by atoms with Crippen molar-refractivity contribution in [1.29, 1.82) is 0 Å². The van der Waals surface area contributed by atoms with Crippen LogP contribution in [0.1, 0.15) is 69.0 Å². The maximum atomic E-state index is 13.5. The molecule has 208 valence electrons. The van der Waals surface area contributed by atoms with Crippen LogP contribution in [0.5, 0.6) is 0 Å². The molecule has 0 radical (unpaired) electrons. The molecule has 1 aliphatic carbocycles. The van der Waals surface area contributed by atoms with Gasteiger partial charge < -0.3 is 10.6 Å². The topological polar surface area (TPSA) is 88.9 Å². The van der Waals surface area contributed by atoms with Crippen molar-refractivity contribution in [2.24, 2.45) is 0 Å². The zero-order valence-corrected chi connectivity index (χ0v) is 23.5. The number of alkyl halides is 3. The average molecular weight is 614 g/mol. The number of halogens is 4. The molecule has 5 rings (SSSR count). The standard InChI is InChI=1S/C29H27BrF3N5O2/c1-16-26(36-28(40)23-14-25(29(31,32)33)35-24-12-11-20(30)13-22(23)24)17(2)38(37-16)15-18-7-9-19(10-8-18)27(39)34-21-5-3-4-6-21/h7-14,21H,3-6,15H2,1-2H3,(H,34,39)(H,36,40). The van der Waals surface area contributed by atoms with Crippen molar-refractivity contribution in [2.75, 3.05) is 5.32 Å². The van der Waals surface area contributed by atoms with E-state index in [-0.39, 0.29) is 23.0 Å². The lowest BCUT2D eigenvalue weighted by molar-refractivity contribution is -0.141. The van der Waals surface area contributed by atoms with E-state index < -0.39 is 17.8 Å². The van der Waals surface area contributed by atoms with Crippen LogP contribution in [-0.4, -0.2) is 32.6 Å². The molecule has 11 heteroatoms. The molecule has 2 aromatic carbocycles. The second kappa shape index (κ2) is 11.0. The number of nitrogens with one attached hydrogen (secondary N) is 2. The maximum absolute atomic E-state index is 13.5. The van der Waals surface area contributed by atoms with Gasteiger partial charge in [0.25, 0.3) is 11.8 Å². The minimum Gasteiger partial charge on any atom is -0.349 e. The van der Waals surface area contributed by atoms with E-state index in [0.717, 1.165) is 37.3 Å². The lowest BCUT2D eigenvalue weighted by Crippen LogP contribution is -2.32. The Morgan fingerprint density at radius 3 is 2.40 bits per heavy atom. The maximum Gasteiger partial charge on any atom is 0.433 e. The van der Waals surface area contributed by atoms with Crippen LogP contribution in [0.3, 0.4) is 0 Å². The Labute approximate surface area is 237 Å². The predicted molar refractivity (Wildman–Crippen MR) is 149 cm³/mol. The second-order valence-corrected chi connectivity index (χ2v) is 10.9. The molecule has 2 amide bonds. The van der Waals surface area contributed by atoms with Gasteiger partial charge in [0.15, 0.2) is 0 Å². The highest BCUT2D eigenvalue weighted by atomic mass is 79.9. The molecule has 1 fully saturated rings. The van der Waals surface area contributed by atoms with E-state index >= 15 is 0 Å². The Hall–Kier alpha value is -3.73. The Morgan fingerprint density at radius 1 is 1.02 bits per heavy atom. The van der Waals surface area contributed by atoms with Crippen molar-refractivity contribution in [2.45, 2.75) is 58.3 Å². The monoisotopic (exact) mass is 613 g/mol. The molecule has 2 N–H and O–H groups in total. The molecule has 40 heavy (non-hydrogen) atoms. The normalized spacial score (nSPS) is 14.1. The zero-order chi connectivity index (χ0) is 28.6. The van der Waals surface area contributed by atoms with Gasteiger partial charge in [0.05, 0.1) is 34.7 Å². The summed E-state index contributed by atoms with van der Waals surface area (Å²) in [5.41, 5.74) is 1.86. The Morgan fingerprint density at radius 2 is 1.73 bits per heavy atom. The van der Waals surface area contributed by atoms with Gasteiger partial charge in [0.2, 0.25) is 0 Å². The van der Waals surface area contributed by atoms with Gasteiger partial charge in [-0.3, -0.25) is 14.3 Å². The molecule has 0 atom stereocenters. The van der Waals surface area contributed by atoms with Crippen LogP contribution >= 0.6 is 15.9 Å². The van der Waals surface area contributed by atoms with Crippen molar-refractivity contribution < 1.29 is 22.8 Å². The Kier molecular flexibility index (Phi) is 7.67. The summed E-state index contributed by atoms with van der Waals surface area (Å²) in [6.07, 6.45) is -0.404. The van der Waals surface area contributed by atoms with E-state index in [9.17, 15) is 22.8 Å². The Bertz CT molecular complexity index is 1590. The van der Waals surface area contributed by atoms with E-state index in [1.54, 1.807) is 42.8 Å². The van der Waals surface area contributed by atoms with E-state index in [1.165, 1.54) is 6.07 Å². The number of amides is 2. The largest absolute Gasteiger partial charge is 0.433 e. The summed E-state index contributed by atoms with van der Waals surface area (Å²) < 4.78 is 42.9. The number of aromatic nitrogens is 3. The molecule has 0 spiro atoms. The number of fused-ring (bicyclic) bond motifs is 1. The number of rotatable bonds is 6. The van der Waals surface area contributed by atoms with Crippen molar-refractivity contribution in [3.8, 4) is 0 Å². The van der Waals surface area contributed by atoms with E-state index in [1.807, 2.05) is 12.1 Å². The van der Waals surface area contributed by atoms with Crippen molar-refractivity contribution in [3.63, 3.8) is 0 Å². The third-order valence-electron chi connectivity index (χ3n) is 7.16. The van der Waals surface area contributed by atoms with E-state index in [0.29, 0.717) is 39.0 Å². The van der Waals surface area contributed by atoms with Crippen LogP contribution in [0.15, 0.2) is 53.0 Å². The average Bonchev–Trinajstić information content (AvgIpc) is 3.51. The third kappa shape index (κ3) is 5.89. The molecule has 1 saturated carbocycles. The fourth-order valence-corrected chi connectivity index (χ4v) is 5.38. The lowest BCUT2D eigenvalue weighted by Gasteiger charge is -2.13. The van der Waals surface area contributed by atoms with Gasteiger partial charge in [-0.25, -0.2) is 4.98 Å². The van der Waals surface area contributed by atoms with Crippen LogP contribution in [0.25, 0.3) is 10.9 Å². The van der Waals surface area contributed by atoms with Gasteiger partial charge in [0.1, 0.15) is 5.69 Å². The summed E-state index contributed by atoms with van der Waals surface area (Å²) in [6, 6.07) is 12.9. The van der Waals surface area contributed by atoms with Gasteiger partial charge in [-0.05, 0) is 68.7 Å². The molecule has 4 aromatic rings. The second-order valence-electron chi connectivity index (χ2n) is 10.0. The fourth-order valence-electron chi connectivity index (χ4n) is 5.02. The molecule has 1 aliphatic rings. The first-order valence-electron chi connectivity index (χ1n) is 12.9. The molecular formula is C29H27BrF3N5O2. The smallest absolute Gasteiger partial charge is 0.349 e. The van der Waals surface area contributed by atoms with Crippen LogP contribution in [-0.2, 0) is 12.7 Å². The number of pyridine rings is 1. The number of hydrogen-bond acceptors (Lipinski definition) is 4. The fraction of sp³-hybridized carbons (Fsp3) is 0.310. The van der Waals surface area contributed by atoms with Crippen LogP contribution in [0.4, 0.5) is 18.9 Å². The quantitative estimate of drug-likeness (QED) is 0.250. The van der Waals surface area contributed by atoms with Gasteiger partial charge in [-0.2, -0.15) is 18.3 Å². The highest BCUT2D eigenvalue weighted by Gasteiger charge is 2.34. The minimum absolute atomic E-state index is 0.0627. The lowest BCUT2D eigenvalue weighted by atomic mass is 10.1. The number of hydrogen-bond donors (Lipinski definition) is 2. The molecule has 2 aromatic heterocycles. The third-order valence-corrected chi connectivity index (χ3v) is 7.66. The first kappa shape index (κ1) is 27.8. The summed E-state index contributed by atoms with van der Waals surface area (Å²) in [5, 5.41) is 10.7. The summed E-state index contributed by atoms with van der Waals surface area (Å²) in [4.78, 5) is 29.5. The number of aryl methyl sites for hydroxylation is 1. The molecule has 2 heterocycles. The first-order valence-corrected chi connectivity index (χ1v) is 13.7. The Balaban J connectivity index is 1.36. The van der Waals surface area contributed by atoms with E-state index in [4.69, 9.17) is 0 Å². The number of carbonyl (C=O) groups excluding carboxylic acids is 2. The predicted octanol–water partition coefficient (Wildman–Crippen LogP) is 6.80. The zero-order valence-electron chi connectivity index (χ0n) is 21.9. The molecule has 7 nitrogen and oxygen atoms in total. The number of benzene rings is 2. The number of nitrogens with zero attached hydrogens (tertiary/aromatic N) is 3. The van der Waals surface area contributed by atoms with Gasteiger partial charge in [-0.15, -0.1) is 0 Å². The van der Waals surface area contributed by atoms with Crippen molar-refractivity contribution in [3.05, 3.63) is 86.8 Å². The van der Waals surface area contributed by atoms with Crippen molar-refractivity contribution >= 4 is 44.3 Å². The van der Waals surface area contributed by atoms with Gasteiger partial charge >= 0.3 is 6.18 Å². The van der Waals surface area contributed by atoms with Crippen LogP contribution in [0, 0.1) is 13.8 Å². The number of carbonyl (C=O) groups is 2. The molecule has 0 unspecified atom stereocenters. The first-order chi connectivity index (χ1) is 19.0. The van der Waals surface area contributed by atoms with Crippen LogP contribution in [0.2, 0.25) is 0 Å². The van der Waals surface area contributed by atoms with E-state index in [2.05, 4.69) is 36.6 Å². The summed E-state index contributed by atoms with van der Waals surface area (Å²) in [7, 11) is 0. The summed E-state index contributed by atoms with van der Waals surface area (Å²) in [5.74, 6) is -0.779.